The lowest BCUT2D eigenvalue weighted by Crippen LogP contribution is -2.22. The first-order chi connectivity index (χ1) is 11.9. The molecule has 1 aromatic carbocycles. The van der Waals surface area contributed by atoms with Gasteiger partial charge in [0, 0.05) is 11.3 Å². The third-order valence-corrected chi connectivity index (χ3v) is 6.48. The Bertz CT molecular complexity index is 850. The quantitative estimate of drug-likeness (QED) is 0.727. The summed E-state index contributed by atoms with van der Waals surface area (Å²) in [6, 6.07) is 7.74. The monoisotopic (exact) mass is 386 g/mol. The first-order valence-electron chi connectivity index (χ1n) is 7.47. The van der Waals surface area contributed by atoms with Crippen LogP contribution in [0.3, 0.4) is 0 Å². The number of carbonyl (C=O) groups excluding carboxylic acids is 1. The molecule has 136 valence electrons. The van der Waals surface area contributed by atoms with Crippen LogP contribution in [-0.2, 0) is 27.8 Å². The molecule has 0 atom stereocenters. The van der Waals surface area contributed by atoms with Crippen LogP contribution in [0.4, 0.5) is 4.39 Å². The van der Waals surface area contributed by atoms with Crippen LogP contribution in [0.25, 0.3) is 0 Å². The fourth-order valence-electron chi connectivity index (χ4n) is 2.10. The van der Waals surface area contributed by atoms with Crippen molar-refractivity contribution in [3.05, 3.63) is 46.6 Å². The van der Waals surface area contributed by atoms with Crippen molar-refractivity contribution in [2.45, 2.75) is 23.6 Å². The summed E-state index contributed by atoms with van der Waals surface area (Å²) in [7, 11) is -0.724. The van der Waals surface area contributed by atoms with E-state index in [-0.39, 0.29) is 28.8 Å². The fourth-order valence-corrected chi connectivity index (χ4v) is 4.23. The number of benzene rings is 1. The third-order valence-electron chi connectivity index (χ3n) is 3.49. The lowest BCUT2D eigenvalue weighted by Gasteiger charge is -2.06. The Labute approximate surface area is 150 Å². The molecule has 0 radical (unpaired) electrons. The molecule has 0 fully saturated rings. The average Bonchev–Trinajstić information content (AvgIpc) is 3.08. The zero-order valence-corrected chi connectivity index (χ0v) is 15.5. The SMILES string of the molecule is CNS(=O)(=O)c1ccc(CNC(=O)CCc2ccc(OC)c(F)c2)s1. The van der Waals surface area contributed by atoms with E-state index >= 15 is 0 Å². The van der Waals surface area contributed by atoms with Gasteiger partial charge in [-0.25, -0.2) is 17.5 Å². The van der Waals surface area contributed by atoms with E-state index in [2.05, 4.69) is 10.0 Å². The molecule has 0 aliphatic carbocycles. The molecular weight excluding hydrogens is 367 g/mol. The van der Waals surface area contributed by atoms with Gasteiger partial charge in [-0.3, -0.25) is 4.79 Å². The van der Waals surface area contributed by atoms with E-state index in [0.29, 0.717) is 12.0 Å². The van der Waals surface area contributed by atoms with Crippen molar-refractivity contribution in [3.8, 4) is 5.75 Å². The molecule has 0 spiro atoms. The number of halogens is 1. The summed E-state index contributed by atoms with van der Waals surface area (Å²) in [4.78, 5) is 12.6. The first-order valence-corrected chi connectivity index (χ1v) is 9.77. The van der Waals surface area contributed by atoms with Crippen LogP contribution in [0.5, 0.6) is 5.75 Å². The zero-order valence-electron chi connectivity index (χ0n) is 13.8. The fraction of sp³-hybridized carbons (Fsp3) is 0.312. The summed E-state index contributed by atoms with van der Waals surface area (Å²) >= 11 is 1.10. The van der Waals surface area contributed by atoms with Crippen LogP contribution in [0, 0.1) is 5.82 Å². The van der Waals surface area contributed by atoms with Crippen LogP contribution in [0.2, 0.25) is 0 Å². The highest BCUT2D eigenvalue weighted by atomic mass is 32.2. The molecule has 0 aliphatic heterocycles. The minimum absolute atomic E-state index is 0.165. The molecule has 25 heavy (non-hydrogen) atoms. The largest absolute Gasteiger partial charge is 0.494 e. The molecule has 1 heterocycles. The van der Waals surface area contributed by atoms with Crippen LogP contribution in [0.15, 0.2) is 34.5 Å². The molecule has 2 aromatic rings. The smallest absolute Gasteiger partial charge is 0.249 e. The molecule has 9 heteroatoms. The van der Waals surface area contributed by atoms with Crippen molar-refractivity contribution >= 4 is 27.3 Å². The molecule has 0 aliphatic rings. The molecule has 1 amide bonds. The van der Waals surface area contributed by atoms with Gasteiger partial charge in [0.1, 0.15) is 4.21 Å². The van der Waals surface area contributed by atoms with Gasteiger partial charge in [0.15, 0.2) is 11.6 Å². The summed E-state index contributed by atoms with van der Waals surface area (Å²) in [6.45, 7) is 0.250. The van der Waals surface area contributed by atoms with E-state index in [1.807, 2.05) is 0 Å². The number of rotatable bonds is 8. The van der Waals surface area contributed by atoms with Crippen molar-refractivity contribution in [2.24, 2.45) is 0 Å². The number of aryl methyl sites for hydroxylation is 1. The standard InChI is InChI=1S/C16H19FN2O4S2/c1-18-25(21,22)16-8-5-12(24-16)10-19-15(20)7-4-11-3-6-14(23-2)13(17)9-11/h3,5-6,8-9,18H,4,7,10H2,1-2H3,(H,19,20). The second kappa shape index (κ2) is 8.41. The van der Waals surface area contributed by atoms with Gasteiger partial charge >= 0.3 is 0 Å². The van der Waals surface area contributed by atoms with Gasteiger partial charge in [0.2, 0.25) is 15.9 Å². The number of methoxy groups -OCH3 is 1. The molecular formula is C16H19FN2O4S2. The Kier molecular flexibility index (Phi) is 6.51. The normalized spacial score (nSPS) is 11.3. The highest BCUT2D eigenvalue weighted by molar-refractivity contribution is 7.91. The number of hydrogen-bond acceptors (Lipinski definition) is 5. The summed E-state index contributed by atoms with van der Waals surface area (Å²) in [6.07, 6.45) is 0.607. The van der Waals surface area contributed by atoms with E-state index in [4.69, 9.17) is 4.74 Å². The maximum atomic E-state index is 13.6. The molecule has 2 N–H and O–H groups in total. The maximum Gasteiger partial charge on any atom is 0.249 e. The highest BCUT2D eigenvalue weighted by Gasteiger charge is 2.14. The van der Waals surface area contributed by atoms with Gasteiger partial charge in [-0.05, 0) is 43.3 Å². The van der Waals surface area contributed by atoms with Gasteiger partial charge in [-0.15, -0.1) is 11.3 Å². The number of thiophene rings is 1. The minimum atomic E-state index is -3.46. The molecule has 0 saturated heterocycles. The Morgan fingerprint density at radius 3 is 2.68 bits per heavy atom. The molecule has 0 unspecified atom stereocenters. The van der Waals surface area contributed by atoms with Crippen LogP contribution in [0.1, 0.15) is 16.9 Å². The summed E-state index contributed by atoms with van der Waals surface area (Å²) < 4.78 is 44.2. The lowest BCUT2D eigenvalue weighted by atomic mass is 10.1. The predicted molar refractivity (Wildman–Crippen MR) is 93.7 cm³/mol. The summed E-state index contributed by atoms with van der Waals surface area (Å²) in [5.41, 5.74) is 0.701. The predicted octanol–water partition coefficient (Wildman–Crippen LogP) is 2.05. The van der Waals surface area contributed by atoms with Gasteiger partial charge in [-0.1, -0.05) is 6.07 Å². The molecule has 1 aromatic heterocycles. The van der Waals surface area contributed by atoms with Crippen molar-refractivity contribution < 1.29 is 22.3 Å². The van der Waals surface area contributed by atoms with E-state index in [1.54, 1.807) is 12.1 Å². The Morgan fingerprint density at radius 1 is 1.28 bits per heavy atom. The maximum absolute atomic E-state index is 13.6. The number of nitrogens with one attached hydrogen (secondary N) is 2. The molecule has 0 saturated carbocycles. The van der Waals surface area contributed by atoms with Gasteiger partial charge < -0.3 is 10.1 Å². The number of carbonyl (C=O) groups is 1. The Hall–Kier alpha value is -1.97. The van der Waals surface area contributed by atoms with Gasteiger partial charge in [0.05, 0.1) is 13.7 Å². The van der Waals surface area contributed by atoms with Crippen LogP contribution >= 0.6 is 11.3 Å². The van der Waals surface area contributed by atoms with E-state index in [9.17, 15) is 17.6 Å². The Balaban J connectivity index is 1.84. The number of ether oxygens (including phenoxy) is 1. The van der Waals surface area contributed by atoms with Crippen LogP contribution < -0.4 is 14.8 Å². The van der Waals surface area contributed by atoms with Crippen molar-refractivity contribution in [3.63, 3.8) is 0 Å². The molecule has 0 bridgehead atoms. The van der Waals surface area contributed by atoms with Crippen molar-refractivity contribution in [1.29, 1.82) is 0 Å². The van der Waals surface area contributed by atoms with Gasteiger partial charge in [-0.2, -0.15) is 0 Å². The Morgan fingerprint density at radius 2 is 2.04 bits per heavy atom. The van der Waals surface area contributed by atoms with Crippen molar-refractivity contribution in [2.75, 3.05) is 14.2 Å². The molecule has 6 nitrogen and oxygen atoms in total. The average molecular weight is 386 g/mol. The summed E-state index contributed by atoms with van der Waals surface area (Å²) in [5.74, 6) is -0.488. The third kappa shape index (κ3) is 5.25. The summed E-state index contributed by atoms with van der Waals surface area (Å²) in [5, 5.41) is 2.73. The second-order valence-electron chi connectivity index (χ2n) is 5.17. The van der Waals surface area contributed by atoms with E-state index < -0.39 is 15.8 Å². The van der Waals surface area contributed by atoms with Crippen molar-refractivity contribution in [1.82, 2.24) is 10.0 Å². The molecule has 2 rings (SSSR count). The number of hydrogen-bond donors (Lipinski definition) is 2. The zero-order chi connectivity index (χ0) is 18.4. The number of amides is 1. The van der Waals surface area contributed by atoms with Gasteiger partial charge in [0.25, 0.3) is 0 Å². The topological polar surface area (TPSA) is 84.5 Å². The van der Waals surface area contributed by atoms with Crippen LogP contribution in [-0.4, -0.2) is 28.5 Å². The highest BCUT2D eigenvalue weighted by Crippen LogP contribution is 2.21. The minimum Gasteiger partial charge on any atom is -0.494 e. The van der Waals surface area contributed by atoms with E-state index in [1.165, 1.54) is 32.4 Å². The lowest BCUT2D eigenvalue weighted by molar-refractivity contribution is -0.121. The van der Waals surface area contributed by atoms with E-state index in [0.717, 1.165) is 16.2 Å². The second-order valence-corrected chi connectivity index (χ2v) is 8.46. The number of sulfonamides is 1. The first kappa shape index (κ1) is 19.4.